The van der Waals surface area contributed by atoms with E-state index in [9.17, 15) is 4.79 Å². The second kappa shape index (κ2) is 4.30. The van der Waals surface area contributed by atoms with Gasteiger partial charge in [0.15, 0.2) is 0 Å². The van der Waals surface area contributed by atoms with E-state index in [-0.39, 0.29) is 6.03 Å². The van der Waals surface area contributed by atoms with Gasteiger partial charge in [0.2, 0.25) is 0 Å². The Balaban J connectivity index is 2.35. The molecule has 70 valence electrons. The highest BCUT2D eigenvalue weighted by molar-refractivity contribution is 5.72. The van der Waals surface area contributed by atoms with E-state index in [1.54, 1.807) is 4.90 Å². The summed E-state index contributed by atoms with van der Waals surface area (Å²) in [5.74, 6) is 0. The molecule has 0 bridgehead atoms. The predicted molar refractivity (Wildman–Crippen MR) is 47.9 cm³/mol. The first-order valence-electron chi connectivity index (χ1n) is 4.51. The third-order valence-electron chi connectivity index (χ3n) is 2.23. The molecule has 2 amide bonds. The minimum atomic E-state index is -0.294. The van der Waals surface area contributed by atoms with Crippen molar-refractivity contribution in [2.45, 2.75) is 25.8 Å². The van der Waals surface area contributed by atoms with Gasteiger partial charge in [0.25, 0.3) is 0 Å². The molecule has 0 aromatic rings. The van der Waals surface area contributed by atoms with Crippen LogP contribution < -0.4 is 11.1 Å². The number of rotatable bonds is 2. The third kappa shape index (κ3) is 2.37. The van der Waals surface area contributed by atoms with Gasteiger partial charge in [-0.15, -0.1) is 0 Å². The molecule has 1 atom stereocenters. The van der Waals surface area contributed by atoms with Gasteiger partial charge in [-0.05, 0) is 19.4 Å². The summed E-state index contributed by atoms with van der Waals surface area (Å²) in [4.78, 5) is 12.5. The summed E-state index contributed by atoms with van der Waals surface area (Å²) < 4.78 is 0. The van der Waals surface area contributed by atoms with E-state index < -0.39 is 0 Å². The van der Waals surface area contributed by atoms with E-state index in [2.05, 4.69) is 12.2 Å². The number of nitrogens with one attached hydrogen (secondary N) is 1. The zero-order chi connectivity index (χ0) is 8.97. The van der Waals surface area contributed by atoms with Gasteiger partial charge in [-0.25, -0.2) is 4.79 Å². The Morgan fingerprint density at radius 3 is 3.08 bits per heavy atom. The molecule has 4 heteroatoms. The molecule has 0 radical (unpaired) electrons. The first-order chi connectivity index (χ1) is 5.74. The molecule has 0 aromatic carbocycles. The molecule has 1 saturated heterocycles. The monoisotopic (exact) mass is 171 g/mol. The fraction of sp³-hybridized carbons (Fsp3) is 0.875. The molecule has 1 fully saturated rings. The van der Waals surface area contributed by atoms with Crippen LogP contribution in [0.5, 0.6) is 0 Å². The maximum Gasteiger partial charge on any atom is 0.314 e. The van der Waals surface area contributed by atoms with Crippen LogP contribution in [0.25, 0.3) is 0 Å². The van der Waals surface area contributed by atoms with Crippen molar-refractivity contribution >= 4 is 6.03 Å². The van der Waals surface area contributed by atoms with Gasteiger partial charge < -0.3 is 16.0 Å². The highest BCUT2D eigenvalue weighted by atomic mass is 16.2. The lowest BCUT2D eigenvalue weighted by Gasteiger charge is -2.31. The zero-order valence-corrected chi connectivity index (χ0v) is 7.55. The van der Waals surface area contributed by atoms with E-state index in [0.29, 0.717) is 6.04 Å². The van der Waals surface area contributed by atoms with Crippen LogP contribution in [0.15, 0.2) is 0 Å². The average Bonchev–Trinajstić information content (AvgIpc) is 2.05. The molecule has 3 N–H and O–H groups in total. The van der Waals surface area contributed by atoms with Crippen molar-refractivity contribution < 1.29 is 4.79 Å². The number of likely N-dealkylation sites (tertiary alicyclic amines) is 1. The number of urea groups is 1. The first kappa shape index (κ1) is 9.32. The van der Waals surface area contributed by atoms with Crippen LogP contribution in [0.3, 0.4) is 0 Å². The van der Waals surface area contributed by atoms with E-state index in [1.807, 2.05) is 0 Å². The number of hydrogen-bond donors (Lipinski definition) is 2. The second-order valence-electron chi connectivity index (χ2n) is 3.18. The van der Waals surface area contributed by atoms with Crippen LogP contribution in [-0.2, 0) is 0 Å². The lowest BCUT2D eigenvalue weighted by atomic mass is 10.1. The molecule has 0 aliphatic carbocycles. The summed E-state index contributed by atoms with van der Waals surface area (Å²) in [6.07, 6.45) is 2.21. The largest absolute Gasteiger partial charge is 0.351 e. The Kier molecular flexibility index (Phi) is 3.34. The second-order valence-corrected chi connectivity index (χ2v) is 3.18. The molecule has 1 heterocycles. The number of likely N-dealkylation sites (N-methyl/N-ethyl adjacent to an activating group) is 1. The highest BCUT2D eigenvalue weighted by Crippen LogP contribution is 2.08. The normalized spacial score (nSPS) is 24.1. The minimum Gasteiger partial charge on any atom is -0.351 e. The summed E-state index contributed by atoms with van der Waals surface area (Å²) in [5, 5.41) is 3.32. The van der Waals surface area contributed by atoms with Crippen LogP contribution in [0.4, 0.5) is 4.79 Å². The molecule has 1 rings (SSSR count). The molecule has 1 unspecified atom stereocenters. The number of carbonyl (C=O) groups excluding carboxylic acids is 1. The summed E-state index contributed by atoms with van der Waals surface area (Å²) in [5.41, 5.74) is 5.18. The molecule has 1 aliphatic heterocycles. The summed E-state index contributed by atoms with van der Waals surface area (Å²) in [6, 6.07) is 0.147. The number of piperidine rings is 1. The molecule has 0 spiro atoms. The number of nitrogens with zero attached hydrogens (tertiary/aromatic N) is 1. The topological polar surface area (TPSA) is 58.4 Å². The molecule has 0 saturated carbocycles. The van der Waals surface area contributed by atoms with Gasteiger partial charge in [-0.3, -0.25) is 0 Å². The van der Waals surface area contributed by atoms with Gasteiger partial charge in [0.1, 0.15) is 0 Å². The molecule has 12 heavy (non-hydrogen) atoms. The van der Waals surface area contributed by atoms with Crippen LogP contribution >= 0.6 is 0 Å². The van der Waals surface area contributed by atoms with Crippen LogP contribution in [0, 0.1) is 0 Å². The Morgan fingerprint density at radius 1 is 1.75 bits per heavy atom. The van der Waals surface area contributed by atoms with E-state index in [1.165, 1.54) is 0 Å². The lowest BCUT2D eigenvalue weighted by Crippen LogP contribution is -2.49. The van der Waals surface area contributed by atoms with Crippen LogP contribution in [-0.4, -0.2) is 36.6 Å². The average molecular weight is 171 g/mol. The number of amides is 2. The van der Waals surface area contributed by atoms with Gasteiger partial charge in [-0.1, -0.05) is 6.92 Å². The van der Waals surface area contributed by atoms with Crippen molar-refractivity contribution in [1.29, 1.82) is 0 Å². The number of primary amides is 1. The molecular weight excluding hydrogens is 154 g/mol. The molecule has 0 aromatic heterocycles. The standard InChI is InChI=1S/C8H17N3O/c1-2-10-7-4-3-5-11(6-7)8(9)12/h7,10H,2-6H2,1H3,(H2,9,12). The van der Waals surface area contributed by atoms with Crippen molar-refractivity contribution in [2.75, 3.05) is 19.6 Å². The van der Waals surface area contributed by atoms with Crippen LogP contribution in [0.2, 0.25) is 0 Å². The molecule has 4 nitrogen and oxygen atoms in total. The van der Waals surface area contributed by atoms with Gasteiger partial charge in [-0.2, -0.15) is 0 Å². The minimum absolute atomic E-state index is 0.294. The summed E-state index contributed by atoms with van der Waals surface area (Å²) in [6.45, 7) is 4.61. The third-order valence-corrected chi connectivity index (χ3v) is 2.23. The molecular formula is C8H17N3O. The fourth-order valence-electron chi connectivity index (χ4n) is 1.63. The quantitative estimate of drug-likeness (QED) is 0.621. The van der Waals surface area contributed by atoms with Crippen molar-refractivity contribution in [2.24, 2.45) is 5.73 Å². The number of hydrogen-bond acceptors (Lipinski definition) is 2. The van der Waals surface area contributed by atoms with Gasteiger partial charge in [0.05, 0.1) is 0 Å². The van der Waals surface area contributed by atoms with Gasteiger partial charge >= 0.3 is 6.03 Å². The summed E-state index contributed by atoms with van der Waals surface area (Å²) >= 11 is 0. The Bertz CT molecular complexity index is 158. The Labute approximate surface area is 73.1 Å². The predicted octanol–water partition coefficient (Wildman–Crippen LogP) is 0.139. The van der Waals surface area contributed by atoms with Crippen molar-refractivity contribution in [3.63, 3.8) is 0 Å². The summed E-state index contributed by atoms with van der Waals surface area (Å²) in [7, 11) is 0. The van der Waals surface area contributed by atoms with E-state index in [0.717, 1.165) is 32.5 Å². The zero-order valence-electron chi connectivity index (χ0n) is 7.55. The maximum atomic E-state index is 10.8. The number of nitrogens with two attached hydrogens (primary N) is 1. The highest BCUT2D eigenvalue weighted by Gasteiger charge is 2.20. The van der Waals surface area contributed by atoms with E-state index in [4.69, 9.17) is 5.73 Å². The first-order valence-corrected chi connectivity index (χ1v) is 4.51. The van der Waals surface area contributed by atoms with Crippen molar-refractivity contribution in [1.82, 2.24) is 10.2 Å². The van der Waals surface area contributed by atoms with Crippen LogP contribution in [0.1, 0.15) is 19.8 Å². The van der Waals surface area contributed by atoms with Crippen molar-refractivity contribution in [3.8, 4) is 0 Å². The Hall–Kier alpha value is -0.770. The fourth-order valence-corrected chi connectivity index (χ4v) is 1.63. The maximum absolute atomic E-state index is 10.8. The molecule has 1 aliphatic rings. The van der Waals surface area contributed by atoms with Crippen molar-refractivity contribution in [3.05, 3.63) is 0 Å². The lowest BCUT2D eigenvalue weighted by molar-refractivity contribution is 0.182. The van der Waals surface area contributed by atoms with E-state index >= 15 is 0 Å². The number of carbonyl (C=O) groups is 1. The SMILES string of the molecule is CCNC1CCCN(C(N)=O)C1. The Morgan fingerprint density at radius 2 is 2.50 bits per heavy atom. The smallest absolute Gasteiger partial charge is 0.314 e. The van der Waals surface area contributed by atoms with Gasteiger partial charge in [0, 0.05) is 19.1 Å².